The molecule has 1 aliphatic heterocycles. The van der Waals surface area contributed by atoms with E-state index in [9.17, 15) is 20.1 Å². The maximum atomic E-state index is 12.3. The van der Waals surface area contributed by atoms with Crippen LogP contribution in [0.2, 0.25) is 0 Å². The number of carbonyl (C=O) groups excluding carboxylic acids is 1. The summed E-state index contributed by atoms with van der Waals surface area (Å²) in [6.45, 7) is 5.57. The van der Waals surface area contributed by atoms with Crippen molar-refractivity contribution in [2.75, 3.05) is 0 Å². The molecule has 1 spiro atoms. The van der Waals surface area contributed by atoms with Crippen LogP contribution in [0.1, 0.15) is 19.8 Å². The maximum Gasteiger partial charge on any atom is 0.324 e. The van der Waals surface area contributed by atoms with Gasteiger partial charge in [0.2, 0.25) is 0 Å². The molecule has 1 aliphatic carbocycles. The van der Waals surface area contributed by atoms with Gasteiger partial charge in [0.15, 0.2) is 0 Å². The lowest BCUT2D eigenvalue weighted by Crippen LogP contribution is -2.57. The van der Waals surface area contributed by atoms with Gasteiger partial charge in [-0.25, -0.2) is 0 Å². The number of aliphatic hydroxyl groups is 3. The lowest BCUT2D eigenvalue weighted by atomic mass is 9.63. The Labute approximate surface area is 129 Å². The molecule has 0 bridgehead atoms. The van der Waals surface area contributed by atoms with E-state index in [1.807, 2.05) is 12.2 Å². The van der Waals surface area contributed by atoms with Gasteiger partial charge in [-0.2, -0.15) is 0 Å². The molecule has 5 nitrogen and oxygen atoms in total. The van der Waals surface area contributed by atoms with Gasteiger partial charge in [-0.05, 0) is 6.42 Å². The number of allylic oxidation sites excluding steroid dienone is 5. The van der Waals surface area contributed by atoms with Crippen LogP contribution in [0.4, 0.5) is 0 Å². The average molecular weight is 306 g/mol. The van der Waals surface area contributed by atoms with Crippen molar-refractivity contribution in [1.82, 2.24) is 0 Å². The average Bonchev–Trinajstić information content (AvgIpc) is 2.71. The van der Waals surface area contributed by atoms with Gasteiger partial charge in [-0.15, -0.1) is 0 Å². The fourth-order valence-corrected chi connectivity index (χ4v) is 2.97. The highest BCUT2D eigenvalue weighted by atomic mass is 16.6. The molecule has 1 fully saturated rings. The van der Waals surface area contributed by atoms with Gasteiger partial charge in [-0.1, -0.05) is 56.4 Å². The molecule has 0 aromatic heterocycles. The van der Waals surface area contributed by atoms with Gasteiger partial charge in [0.1, 0.15) is 23.4 Å². The molecule has 0 aromatic rings. The number of cyclic esters (lactones) is 1. The van der Waals surface area contributed by atoms with Gasteiger partial charge in [0.25, 0.3) is 0 Å². The molecular weight excluding hydrogens is 284 g/mol. The maximum absolute atomic E-state index is 12.3. The molecule has 1 heterocycles. The van der Waals surface area contributed by atoms with E-state index in [4.69, 9.17) is 4.74 Å². The monoisotopic (exact) mass is 306 g/mol. The van der Waals surface area contributed by atoms with Crippen molar-refractivity contribution in [2.45, 2.75) is 38.1 Å². The molecule has 5 heteroatoms. The molecule has 3 N–H and O–H groups in total. The first-order valence-electron chi connectivity index (χ1n) is 7.43. The Bertz CT molecular complexity index is 533. The number of unbranched alkanes of at least 4 members (excludes halogenated alkanes) is 1. The third-order valence-corrected chi connectivity index (χ3v) is 4.24. The third-order valence-electron chi connectivity index (χ3n) is 4.24. The summed E-state index contributed by atoms with van der Waals surface area (Å²) in [5.41, 5.74) is -1.65. The second kappa shape index (κ2) is 6.60. The van der Waals surface area contributed by atoms with Crippen LogP contribution in [-0.2, 0) is 9.53 Å². The Balaban J connectivity index is 2.36. The van der Waals surface area contributed by atoms with Gasteiger partial charge in [0, 0.05) is 5.92 Å². The summed E-state index contributed by atoms with van der Waals surface area (Å²) >= 11 is 0. The molecule has 22 heavy (non-hydrogen) atoms. The Morgan fingerprint density at radius 3 is 2.64 bits per heavy atom. The predicted octanol–water partition coefficient (Wildman–Crippen LogP) is 1.22. The van der Waals surface area contributed by atoms with Gasteiger partial charge >= 0.3 is 5.97 Å². The summed E-state index contributed by atoms with van der Waals surface area (Å²) in [6, 6.07) is 0. The summed E-state index contributed by atoms with van der Waals surface area (Å²) in [5.74, 6) is -1.47. The second-order valence-corrected chi connectivity index (χ2v) is 5.64. The van der Waals surface area contributed by atoms with Crippen LogP contribution in [-0.4, -0.2) is 39.6 Å². The Morgan fingerprint density at radius 2 is 2.05 bits per heavy atom. The Morgan fingerprint density at radius 1 is 1.32 bits per heavy atom. The molecule has 2 aliphatic rings. The summed E-state index contributed by atoms with van der Waals surface area (Å²) in [6.07, 6.45) is 8.23. The van der Waals surface area contributed by atoms with Gasteiger partial charge in [-0.3, -0.25) is 4.79 Å². The van der Waals surface area contributed by atoms with Crippen molar-refractivity contribution < 1.29 is 24.9 Å². The summed E-state index contributed by atoms with van der Waals surface area (Å²) < 4.78 is 4.92. The van der Waals surface area contributed by atoms with Crippen LogP contribution in [0.25, 0.3) is 0 Å². The summed E-state index contributed by atoms with van der Waals surface area (Å²) in [5, 5.41) is 30.5. The van der Waals surface area contributed by atoms with Crippen LogP contribution >= 0.6 is 0 Å². The van der Waals surface area contributed by atoms with Crippen molar-refractivity contribution in [2.24, 2.45) is 11.3 Å². The van der Waals surface area contributed by atoms with Crippen LogP contribution in [0, 0.1) is 11.3 Å². The van der Waals surface area contributed by atoms with E-state index >= 15 is 0 Å². The smallest absolute Gasteiger partial charge is 0.324 e. The minimum Gasteiger partial charge on any atom is -0.428 e. The number of carbonyl (C=O) groups is 1. The van der Waals surface area contributed by atoms with E-state index in [1.54, 1.807) is 18.2 Å². The first-order chi connectivity index (χ1) is 10.5. The van der Waals surface area contributed by atoms with Crippen molar-refractivity contribution >= 4 is 5.97 Å². The van der Waals surface area contributed by atoms with Crippen LogP contribution in [0.5, 0.6) is 0 Å². The quantitative estimate of drug-likeness (QED) is 0.413. The Hall–Kier alpha value is -1.69. The van der Waals surface area contributed by atoms with E-state index in [0.29, 0.717) is 0 Å². The fourth-order valence-electron chi connectivity index (χ4n) is 2.97. The van der Waals surface area contributed by atoms with Crippen LogP contribution in [0.15, 0.2) is 48.8 Å². The van der Waals surface area contributed by atoms with Crippen molar-refractivity contribution in [3.63, 3.8) is 0 Å². The van der Waals surface area contributed by atoms with Crippen molar-refractivity contribution in [3.8, 4) is 0 Å². The van der Waals surface area contributed by atoms with Gasteiger partial charge in [0.05, 0.1) is 6.10 Å². The fraction of sp³-hybridized carbons (Fsp3) is 0.471. The highest BCUT2D eigenvalue weighted by Crippen LogP contribution is 2.49. The first kappa shape index (κ1) is 16.7. The molecule has 120 valence electrons. The minimum atomic E-state index is -1.65. The van der Waals surface area contributed by atoms with E-state index in [0.717, 1.165) is 12.8 Å². The molecule has 0 radical (unpaired) electrons. The van der Waals surface area contributed by atoms with E-state index < -0.39 is 35.6 Å². The predicted molar refractivity (Wildman–Crippen MR) is 81.5 cm³/mol. The lowest BCUT2D eigenvalue weighted by Gasteiger charge is -2.41. The molecule has 0 amide bonds. The number of hydrogen-bond donors (Lipinski definition) is 3. The number of rotatable bonds is 4. The zero-order chi connectivity index (χ0) is 16.3. The third kappa shape index (κ3) is 2.56. The van der Waals surface area contributed by atoms with Crippen molar-refractivity contribution in [1.29, 1.82) is 0 Å². The number of esters is 1. The number of ether oxygens (including phenoxy) is 1. The number of hydrogen-bond acceptors (Lipinski definition) is 5. The molecule has 5 atom stereocenters. The SMILES string of the molecule is C=C1OC(=O)[C@]2([C@H](O)[C@H](O)C=C[C@H]2/C=C\C=C\CCC)[C@H]1O. The van der Waals surface area contributed by atoms with Crippen molar-refractivity contribution in [3.05, 3.63) is 48.8 Å². The normalized spacial score (nSPS) is 38.5. The molecular formula is C17H22O5. The highest BCUT2D eigenvalue weighted by molar-refractivity contribution is 5.84. The molecule has 2 rings (SSSR count). The molecule has 1 saturated heterocycles. The molecule has 0 saturated carbocycles. The summed E-state index contributed by atoms with van der Waals surface area (Å²) in [4.78, 5) is 12.3. The topological polar surface area (TPSA) is 87.0 Å². The highest BCUT2D eigenvalue weighted by Gasteiger charge is 2.64. The van der Waals surface area contributed by atoms with Gasteiger partial charge < -0.3 is 20.1 Å². The van der Waals surface area contributed by atoms with E-state index in [1.165, 1.54) is 6.08 Å². The zero-order valence-corrected chi connectivity index (χ0v) is 12.6. The zero-order valence-electron chi connectivity index (χ0n) is 12.6. The van der Waals surface area contributed by atoms with E-state index in [2.05, 4.69) is 13.5 Å². The largest absolute Gasteiger partial charge is 0.428 e. The number of aliphatic hydroxyl groups excluding tert-OH is 3. The minimum absolute atomic E-state index is 0.105. The molecule has 0 unspecified atom stereocenters. The molecule has 0 aromatic carbocycles. The first-order valence-corrected chi connectivity index (χ1v) is 7.43. The second-order valence-electron chi connectivity index (χ2n) is 5.64. The standard InChI is InChI=1S/C17H22O5/c1-3-4-5-6-7-8-12-9-10-13(18)15(20)17(12)14(19)11(2)22-16(17)21/h5-10,12-15,18-20H,2-4H2,1H3/b6-5+,8-7-/t12-,13-,14+,15-,17+/m1/s1. The summed E-state index contributed by atoms with van der Waals surface area (Å²) in [7, 11) is 0. The lowest BCUT2D eigenvalue weighted by molar-refractivity contribution is -0.164. The van der Waals surface area contributed by atoms with E-state index in [-0.39, 0.29) is 5.76 Å². The van der Waals surface area contributed by atoms with Crippen LogP contribution in [0.3, 0.4) is 0 Å². The Kier molecular flexibility index (Phi) is 5.01. The van der Waals surface area contributed by atoms with Crippen LogP contribution < -0.4 is 0 Å².